The lowest BCUT2D eigenvalue weighted by atomic mass is 10.1. The van der Waals surface area contributed by atoms with Gasteiger partial charge in [-0.25, -0.2) is 4.79 Å². The van der Waals surface area contributed by atoms with Crippen LogP contribution in [0, 0.1) is 13.8 Å². The molecule has 0 radical (unpaired) electrons. The summed E-state index contributed by atoms with van der Waals surface area (Å²) in [5.41, 5.74) is 2.03. The molecule has 2 aromatic carbocycles. The fourth-order valence-corrected chi connectivity index (χ4v) is 2.03. The van der Waals surface area contributed by atoms with Crippen LogP contribution in [0.2, 0.25) is 0 Å². The van der Waals surface area contributed by atoms with Gasteiger partial charge in [-0.2, -0.15) is 13.2 Å². The molecule has 2 aromatic rings. The third-order valence-electron chi connectivity index (χ3n) is 3.19. The number of urea groups is 1. The zero-order valence-corrected chi connectivity index (χ0v) is 12.1. The Morgan fingerprint density at radius 3 is 1.95 bits per heavy atom. The predicted molar refractivity (Wildman–Crippen MR) is 80.0 cm³/mol. The number of hydrogen-bond donors (Lipinski definition) is 2. The van der Waals surface area contributed by atoms with Gasteiger partial charge in [0.05, 0.1) is 5.56 Å². The van der Waals surface area contributed by atoms with Crippen molar-refractivity contribution in [3.05, 3.63) is 59.2 Å². The maximum Gasteiger partial charge on any atom is 0.416 e. The van der Waals surface area contributed by atoms with E-state index >= 15 is 0 Å². The maximum absolute atomic E-state index is 12.5. The first kappa shape index (κ1) is 15.9. The largest absolute Gasteiger partial charge is 0.416 e. The maximum atomic E-state index is 12.5. The number of rotatable bonds is 2. The SMILES string of the molecule is Cc1cccc(C)c1NC(=O)Nc1ccc(C(F)(F)F)cc1. The Morgan fingerprint density at radius 2 is 1.45 bits per heavy atom. The van der Waals surface area contributed by atoms with Gasteiger partial charge in [0.1, 0.15) is 0 Å². The van der Waals surface area contributed by atoms with E-state index in [1.54, 1.807) is 0 Å². The van der Waals surface area contributed by atoms with Gasteiger partial charge in [-0.15, -0.1) is 0 Å². The second kappa shape index (κ2) is 6.09. The summed E-state index contributed by atoms with van der Waals surface area (Å²) in [5.74, 6) is 0. The van der Waals surface area contributed by atoms with Gasteiger partial charge in [0.25, 0.3) is 0 Å². The van der Waals surface area contributed by atoms with Crippen LogP contribution in [0.5, 0.6) is 0 Å². The van der Waals surface area contributed by atoms with E-state index < -0.39 is 17.8 Å². The second-order valence-electron chi connectivity index (χ2n) is 4.92. The van der Waals surface area contributed by atoms with Crippen molar-refractivity contribution in [2.45, 2.75) is 20.0 Å². The Hall–Kier alpha value is -2.50. The molecule has 0 bridgehead atoms. The van der Waals surface area contributed by atoms with Crippen LogP contribution in [0.25, 0.3) is 0 Å². The standard InChI is InChI=1S/C16H15F3N2O/c1-10-4-3-5-11(2)14(10)21-15(22)20-13-8-6-12(7-9-13)16(17,18)19/h3-9H,1-2H3,(H2,20,21,22). The molecule has 2 N–H and O–H groups in total. The average molecular weight is 308 g/mol. The van der Waals surface area contributed by atoms with Crippen LogP contribution >= 0.6 is 0 Å². The molecule has 0 aliphatic heterocycles. The minimum absolute atomic E-state index is 0.289. The predicted octanol–water partition coefficient (Wildman–Crippen LogP) is 4.97. The fourth-order valence-electron chi connectivity index (χ4n) is 2.03. The van der Waals surface area contributed by atoms with Crippen LogP contribution in [0.1, 0.15) is 16.7 Å². The minimum Gasteiger partial charge on any atom is -0.308 e. The van der Waals surface area contributed by atoms with E-state index in [1.165, 1.54) is 12.1 Å². The highest BCUT2D eigenvalue weighted by atomic mass is 19.4. The number of benzene rings is 2. The third kappa shape index (κ3) is 3.78. The number of halogens is 3. The Labute approximate surface area is 126 Å². The molecule has 0 heterocycles. The van der Waals surface area contributed by atoms with E-state index in [0.717, 1.165) is 23.3 Å². The molecule has 0 spiro atoms. The lowest BCUT2D eigenvalue weighted by Crippen LogP contribution is -2.20. The van der Waals surface area contributed by atoms with Gasteiger partial charge in [-0.1, -0.05) is 18.2 Å². The number of amides is 2. The Kier molecular flexibility index (Phi) is 4.40. The van der Waals surface area contributed by atoms with Gasteiger partial charge >= 0.3 is 12.2 Å². The third-order valence-corrected chi connectivity index (χ3v) is 3.19. The molecular weight excluding hydrogens is 293 g/mol. The molecule has 0 aliphatic rings. The fraction of sp³-hybridized carbons (Fsp3) is 0.188. The van der Waals surface area contributed by atoms with Crippen molar-refractivity contribution < 1.29 is 18.0 Å². The Bertz CT molecular complexity index is 659. The number of hydrogen-bond acceptors (Lipinski definition) is 1. The van der Waals surface area contributed by atoms with Gasteiger partial charge in [-0.3, -0.25) is 0 Å². The Morgan fingerprint density at radius 1 is 0.909 bits per heavy atom. The molecule has 0 saturated carbocycles. The van der Waals surface area contributed by atoms with E-state index in [-0.39, 0.29) is 5.69 Å². The van der Waals surface area contributed by atoms with Crippen LogP contribution in [0.4, 0.5) is 29.3 Å². The summed E-state index contributed by atoms with van der Waals surface area (Å²) in [6, 6.07) is 9.38. The van der Waals surface area contributed by atoms with Crippen molar-refractivity contribution in [3.63, 3.8) is 0 Å². The summed E-state index contributed by atoms with van der Waals surface area (Å²) in [6.45, 7) is 3.72. The molecule has 0 unspecified atom stereocenters. The molecule has 2 rings (SSSR count). The van der Waals surface area contributed by atoms with Crippen molar-refractivity contribution in [1.82, 2.24) is 0 Å². The topological polar surface area (TPSA) is 41.1 Å². The van der Waals surface area contributed by atoms with Crippen LogP contribution in [0.15, 0.2) is 42.5 Å². The first-order valence-corrected chi connectivity index (χ1v) is 6.59. The molecule has 116 valence electrons. The van der Waals surface area contributed by atoms with E-state index in [0.29, 0.717) is 5.69 Å². The molecule has 0 aromatic heterocycles. The summed E-state index contributed by atoms with van der Waals surface area (Å²) in [6.07, 6.45) is -4.39. The molecule has 0 saturated heterocycles. The lowest BCUT2D eigenvalue weighted by Gasteiger charge is -2.13. The Balaban J connectivity index is 2.06. The van der Waals surface area contributed by atoms with Crippen LogP contribution in [-0.4, -0.2) is 6.03 Å². The smallest absolute Gasteiger partial charge is 0.308 e. The summed E-state index contributed by atoms with van der Waals surface area (Å²) < 4.78 is 37.4. The zero-order valence-electron chi connectivity index (χ0n) is 12.1. The monoisotopic (exact) mass is 308 g/mol. The van der Waals surface area contributed by atoms with E-state index in [9.17, 15) is 18.0 Å². The number of anilines is 2. The zero-order chi connectivity index (χ0) is 16.3. The van der Waals surface area contributed by atoms with E-state index in [1.807, 2.05) is 32.0 Å². The van der Waals surface area contributed by atoms with Crippen molar-refractivity contribution >= 4 is 17.4 Å². The van der Waals surface area contributed by atoms with Crippen LogP contribution < -0.4 is 10.6 Å². The highest BCUT2D eigenvalue weighted by molar-refractivity contribution is 6.00. The number of nitrogens with one attached hydrogen (secondary N) is 2. The van der Waals surface area contributed by atoms with Gasteiger partial charge in [0.2, 0.25) is 0 Å². The molecule has 6 heteroatoms. The normalized spacial score (nSPS) is 11.1. The van der Waals surface area contributed by atoms with Gasteiger partial charge in [0.15, 0.2) is 0 Å². The highest BCUT2D eigenvalue weighted by Crippen LogP contribution is 2.29. The van der Waals surface area contributed by atoms with Gasteiger partial charge in [-0.05, 0) is 49.2 Å². The molecule has 22 heavy (non-hydrogen) atoms. The van der Waals surface area contributed by atoms with E-state index in [4.69, 9.17) is 0 Å². The number of aryl methyl sites for hydroxylation is 2. The first-order valence-electron chi connectivity index (χ1n) is 6.59. The summed E-state index contributed by atoms with van der Waals surface area (Å²) in [7, 11) is 0. The summed E-state index contributed by atoms with van der Waals surface area (Å²) >= 11 is 0. The van der Waals surface area contributed by atoms with E-state index in [2.05, 4.69) is 10.6 Å². The van der Waals surface area contributed by atoms with Crippen molar-refractivity contribution in [1.29, 1.82) is 0 Å². The quantitative estimate of drug-likeness (QED) is 0.808. The molecule has 0 atom stereocenters. The number of carbonyl (C=O) groups is 1. The average Bonchev–Trinajstić information content (AvgIpc) is 2.43. The molecule has 0 aliphatic carbocycles. The number of para-hydroxylation sites is 1. The molecule has 0 fully saturated rings. The molecule has 3 nitrogen and oxygen atoms in total. The lowest BCUT2D eigenvalue weighted by molar-refractivity contribution is -0.137. The number of alkyl halides is 3. The second-order valence-corrected chi connectivity index (χ2v) is 4.92. The van der Waals surface area contributed by atoms with Crippen LogP contribution in [-0.2, 0) is 6.18 Å². The first-order chi connectivity index (χ1) is 10.3. The minimum atomic E-state index is -4.39. The van der Waals surface area contributed by atoms with Gasteiger partial charge in [0, 0.05) is 11.4 Å². The summed E-state index contributed by atoms with van der Waals surface area (Å²) in [5, 5.41) is 5.21. The van der Waals surface area contributed by atoms with Crippen molar-refractivity contribution in [2.24, 2.45) is 0 Å². The summed E-state index contributed by atoms with van der Waals surface area (Å²) in [4.78, 5) is 11.9. The number of carbonyl (C=O) groups excluding carboxylic acids is 1. The van der Waals surface area contributed by atoms with Crippen molar-refractivity contribution in [3.8, 4) is 0 Å². The molecule has 2 amide bonds. The highest BCUT2D eigenvalue weighted by Gasteiger charge is 2.29. The van der Waals surface area contributed by atoms with Crippen LogP contribution in [0.3, 0.4) is 0 Å². The van der Waals surface area contributed by atoms with Gasteiger partial charge < -0.3 is 10.6 Å². The van der Waals surface area contributed by atoms with Crippen molar-refractivity contribution in [2.75, 3.05) is 10.6 Å². The molecular formula is C16H15F3N2O.